The quantitative estimate of drug-likeness (QED) is 0.238. The number of nitrogens with one attached hydrogen (secondary N) is 2. The largest absolute Gasteiger partial charge is 0.459 e. The highest BCUT2D eigenvalue weighted by Crippen LogP contribution is 2.53. The Hall–Kier alpha value is -3.88. The Morgan fingerprint density at radius 3 is 2.50 bits per heavy atom. The molecule has 8 heteroatoms. The minimum Gasteiger partial charge on any atom is -0.459 e. The Balaban J connectivity index is 1.41. The summed E-state index contributed by atoms with van der Waals surface area (Å²) in [5, 5.41) is 16.9. The lowest BCUT2D eigenvalue weighted by Crippen LogP contribution is -2.35. The summed E-state index contributed by atoms with van der Waals surface area (Å²) in [6.45, 7) is 0. The van der Waals surface area contributed by atoms with Crippen molar-refractivity contribution in [2.75, 3.05) is 5.32 Å². The van der Waals surface area contributed by atoms with Crippen LogP contribution in [0, 0.1) is 11.3 Å². The first-order valence-corrected chi connectivity index (χ1v) is 13.4. The van der Waals surface area contributed by atoms with Crippen molar-refractivity contribution in [1.82, 2.24) is 0 Å². The molecule has 0 amide bonds. The third kappa shape index (κ3) is 3.79. The van der Waals surface area contributed by atoms with Crippen LogP contribution >= 0.6 is 0 Å². The lowest BCUT2D eigenvalue weighted by atomic mass is 9.66. The molecule has 7 nitrogen and oxygen atoms in total. The number of benzene rings is 3. The molecule has 0 bridgehead atoms. The zero-order valence-electron chi connectivity index (χ0n) is 19.4. The Labute approximate surface area is 209 Å². The van der Waals surface area contributed by atoms with Gasteiger partial charge in [0.2, 0.25) is 10.0 Å². The Morgan fingerprint density at radius 2 is 1.75 bits per heavy atom. The van der Waals surface area contributed by atoms with Crippen LogP contribution in [0.15, 0.2) is 88.2 Å². The van der Waals surface area contributed by atoms with Gasteiger partial charge in [0.15, 0.2) is 0 Å². The first-order valence-electron chi connectivity index (χ1n) is 11.9. The minimum absolute atomic E-state index is 0.0449. The summed E-state index contributed by atoms with van der Waals surface area (Å²) in [7, 11) is -3.75. The highest BCUT2D eigenvalue weighted by Gasteiger charge is 2.42. The van der Waals surface area contributed by atoms with E-state index in [1.165, 1.54) is 23.3 Å². The third-order valence-corrected chi connectivity index (χ3v) is 8.33. The molecule has 3 aromatic carbocycles. The highest BCUT2D eigenvalue weighted by atomic mass is 32.2. The number of hydrogen-bond donors (Lipinski definition) is 4. The molecule has 0 saturated heterocycles. The molecular weight excluding hydrogens is 472 g/mol. The van der Waals surface area contributed by atoms with E-state index in [2.05, 4.69) is 29.6 Å². The fourth-order valence-corrected chi connectivity index (χ4v) is 6.22. The van der Waals surface area contributed by atoms with Crippen molar-refractivity contribution in [3.8, 4) is 11.3 Å². The van der Waals surface area contributed by atoms with Gasteiger partial charge in [0, 0.05) is 22.7 Å². The van der Waals surface area contributed by atoms with Gasteiger partial charge in [0.25, 0.3) is 0 Å². The van der Waals surface area contributed by atoms with Gasteiger partial charge in [-0.1, -0.05) is 24.3 Å². The summed E-state index contributed by atoms with van der Waals surface area (Å²) >= 11 is 0. The maximum Gasteiger partial charge on any atom is 0.238 e. The molecule has 0 fully saturated rings. The lowest BCUT2D eigenvalue weighted by molar-refractivity contribution is 0.314. The van der Waals surface area contributed by atoms with Gasteiger partial charge in [-0.3, -0.25) is 5.41 Å². The highest BCUT2D eigenvalue weighted by molar-refractivity contribution is 7.89. The van der Waals surface area contributed by atoms with E-state index in [0.29, 0.717) is 5.76 Å². The first-order chi connectivity index (χ1) is 17.3. The van der Waals surface area contributed by atoms with Crippen LogP contribution in [0.2, 0.25) is 0 Å². The van der Waals surface area contributed by atoms with Gasteiger partial charge in [-0.25, -0.2) is 13.6 Å². The fourth-order valence-electron chi connectivity index (χ4n) is 5.70. The molecule has 0 radical (unpaired) electrons. The SMILES string of the molecule is N=C(N)c1ccc2c(c1)C1c3ccccc3CCC1C(c1ccc(-c3ccc(S(N)(=O)=O)cc3)o1)N2. The summed E-state index contributed by atoms with van der Waals surface area (Å²) in [4.78, 5) is 0.0669. The Morgan fingerprint density at radius 1 is 0.972 bits per heavy atom. The number of amidine groups is 1. The topological polar surface area (TPSA) is 135 Å². The number of nitrogens with two attached hydrogens (primary N) is 2. The predicted molar refractivity (Wildman–Crippen MR) is 139 cm³/mol. The van der Waals surface area contributed by atoms with Crippen molar-refractivity contribution >= 4 is 21.5 Å². The van der Waals surface area contributed by atoms with Crippen LogP contribution < -0.4 is 16.2 Å². The van der Waals surface area contributed by atoms with E-state index in [1.54, 1.807) is 12.1 Å². The first kappa shape index (κ1) is 22.6. The molecule has 6 rings (SSSR count). The minimum atomic E-state index is -3.75. The Kier molecular flexibility index (Phi) is 5.24. The molecular formula is C28H26N4O3S. The summed E-state index contributed by atoms with van der Waals surface area (Å²) in [6.07, 6.45) is 1.97. The van der Waals surface area contributed by atoms with E-state index >= 15 is 0 Å². The average molecular weight is 499 g/mol. The van der Waals surface area contributed by atoms with Gasteiger partial charge in [-0.2, -0.15) is 0 Å². The Bertz CT molecular complexity index is 1590. The molecule has 3 atom stereocenters. The van der Waals surface area contributed by atoms with Crippen LogP contribution in [0.4, 0.5) is 5.69 Å². The second-order valence-corrected chi connectivity index (χ2v) is 11.0. The van der Waals surface area contributed by atoms with Gasteiger partial charge in [0.05, 0.1) is 10.9 Å². The monoisotopic (exact) mass is 498 g/mol. The van der Waals surface area contributed by atoms with Gasteiger partial charge in [0.1, 0.15) is 17.4 Å². The summed E-state index contributed by atoms with van der Waals surface area (Å²) < 4.78 is 29.5. The van der Waals surface area contributed by atoms with Crippen molar-refractivity contribution in [2.45, 2.75) is 29.7 Å². The van der Waals surface area contributed by atoms with E-state index in [-0.39, 0.29) is 28.6 Å². The smallest absolute Gasteiger partial charge is 0.238 e. The van der Waals surface area contributed by atoms with Gasteiger partial charge < -0.3 is 15.5 Å². The van der Waals surface area contributed by atoms with Crippen LogP contribution in [0.5, 0.6) is 0 Å². The standard InChI is InChI=1S/C28H26N4O3S/c29-28(30)18-8-12-23-22(15-18)26-20-4-2-1-3-16(20)7-11-21(26)27(32-23)25-14-13-24(35-25)17-5-9-19(10-6-17)36(31,33)34/h1-6,8-10,12-15,21,26-27,32H,7,11H2,(H3,29,30)(H2,31,33,34). The van der Waals surface area contributed by atoms with E-state index in [9.17, 15) is 8.42 Å². The van der Waals surface area contributed by atoms with Crippen molar-refractivity contribution in [3.05, 3.63) is 107 Å². The number of primary sulfonamides is 1. The van der Waals surface area contributed by atoms with Crippen molar-refractivity contribution < 1.29 is 12.8 Å². The molecule has 0 saturated carbocycles. The zero-order chi connectivity index (χ0) is 25.0. The molecule has 1 aliphatic carbocycles. The zero-order valence-corrected chi connectivity index (χ0v) is 20.3. The maximum atomic E-state index is 11.6. The molecule has 3 unspecified atom stereocenters. The molecule has 6 N–H and O–H groups in total. The number of aryl methyl sites for hydroxylation is 1. The average Bonchev–Trinajstić information content (AvgIpc) is 3.37. The molecule has 182 valence electrons. The van der Waals surface area contributed by atoms with Gasteiger partial charge in [-0.05, 0) is 90.0 Å². The molecule has 1 aliphatic heterocycles. The number of anilines is 1. The number of fused-ring (bicyclic) bond motifs is 5. The second kappa shape index (κ2) is 8.36. The normalized spacial score (nSPS) is 20.5. The fraction of sp³-hybridized carbons (Fsp3) is 0.179. The third-order valence-electron chi connectivity index (χ3n) is 7.40. The molecule has 1 aromatic heterocycles. The molecule has 36 heavy (non-hydrogen) atoms. The van der Waals surface area contributed by atoms with Crippen molar-refractivity contribution in [2.24, 2.45) is 16.8 Å². The number of hydrogen-bond acceptors (Lipinski definition) is 5. The van der Waals surface area contributed by atoms with Crippen LogP contribution in [0.25, 0.3) is 11.3 Å². The number of nitrogen functional groups attached to an aromatic ring is 1. The van der Waals surface area contributed by atoms with E-state index < -0.39 is 10.0 Å². The molecule has 2 heterocycles. The van der Waals surface area contributed by atoms with Gasteiger partial charge >= 0.3 is 0 Å². The summed E-state index contributed by atoms with van der Waals surface area (Å²) in [5.74, 6) is 1.95. The van der Waals surface area contributed by atoms with Crippen LogP contribution in [0.3, 0.4) is 0 Å². The number of sulfonamides is 1. The van der Waals surface area contributed by atoms with Crippen LogP contribution in [-0.4, -0.2) is 14.3 Å². The molecule has 2 aliphatic rings. The molecule has 0 spiro atoms. The summed E-state index contributed by atoms with van der Waals surface area (Å²) in [6, 6.07) is 24.8. The van der Waals surface area contributed by atoms with Crippen LogP contribution in [0.1, 0.15) is 46.4 Å². The molecule has 4 aromatic rings. The van der Waals surface area contributed by atoms with Crippen molar-refractivity contribution in [3.63, 3.8) is 0 Å². The second-order valence-electron chi connectivity index (χ2n) is 9.49. The van der Waals surface area contributed by atoms with E-state index in [0.717, 1.165) is 41.0 Å². The van der Waals surface area contributed by atoms with E-state index in [1.807, 2.05) is 30.3 Å². The van der Waals surface area contributed by atoms with Crippen molar-refractivity contribution in [1.29, 1.82) is 5.41 Å². The number of furan rings is 1. The lowest BCUT2D eigenvalue weighted by Gasteiger charge is -2.43. The summed E-state index contributed by atoms with van der Waals surface area (Å²) in [5.41, 5.74) is 12.2. The maximum absolute atomic E-state index is 11.6. The predicted octanol–water partition coefficient (Wildman–Crippen LogP) is 4.74. The van der Waals surface area contributed by atoms with E-state index in [4.69, 9.17) is 20.7 Å². The number of rotatable bonds is 4. The van der Waals surface area contributed by atoms with Crippen LogP contribution in [-0.2, 0) is 16.4 Å². The van der Waals surface area contributed by atoms with Gasteiger partial charge in [-0.15, -0.1) is 0 Å².